The van der Waals surface area contributed by atoms with Crippen LogP contribution in [0.2, 0.25) is 0 Å². The van der Waals surface area contributed by atoms with Gasteiger partial charge in [-0.2, -0.15) is 0 Å². The van der Waals surface area contributed by atoms with E-state index in [4.69, 9.17) is 0 Å². The van der Waals surface area contributed by atoms with E-state index in [1.165, 1.54) is 23.5 Å². The van der Waals surface area contributed by atoms with Crippen molar-refractivity contribution in [3.8, 4) is 0 Å². The zero-order valence-electron chi connectivity index (χ0n) is 8.75. The summed E-state index contributed by atoms with van der Waals surface area (Å²) in [4.78, 5) is 1.09. The van der Waals surface area contributed by atoms with Crippen LogP contribution in [0.25, 0.3) is 10.1 Å². The highest BCUT2D eigenvalue weighted by Gasteiger charge is 2.15. The third kappa shape index (κ3) is 2.55. The Kier molecular flexibility index (Phi) is 2.52. The third-order valence-corrected chi connectivity index (χ3v) is 3.24. The minimum Gasteiger partial charge on any atom is -0.390 e. The van der Waals surface area contributed by atoms with E-state index in [0.717, 1.165) is 15.0 Å². The van der Waals surface area contributed by atoms with Crippen LogP contribution < -0.4 is 0 Å². The van der Waals surface area contributed by atoms with Gasteiger partial charge in [0.05, 0.1) is 5.60 Å². The van der Waals surface area contributed by atoms with E-state index in [-0.39, 0.29) is 5.82 Å². The average Bonchev–Trinajstić information content (AvgIpc) is 2.42. The Morgan fingerprint density at radius 3 is 2.73 bits per heavy atom. The lowest BCUT2D eigenvalue weighted by Gasteiger charge is -2.14. The molecule has 1 nitrogen and oxygen atoms in total. The molecule has 0 saturated carbocycles. The topological polar surface area (TPSA) is 20.2 Å². The Morgan fingerprint density at radius 1 is 1.33 bits per heavy atom. The molecular formula is C12H13FOS. The predicted molar refractivity (Wildman–Crippen MR) is 61.8 cm³/mol. The molecular weight excluding hydrogens is 211 g/mol. The van der Waals surface area contributed by atoms with Crippen molar-refractivity contribution in [2.24, 2.45) is 0 Å². The minimum absolute atomic E-state index is 0.209. The minimum atomic E-state index is -0.709. The highest BCUT2D eigenvalue weighted by Crippen LogP contribution is 2.28. The van der Waals surface area contributed by atoms with Crippen LogP contribution >= 0.6 is 11.3 Å². The molecule has 1 N–H and O–H groups in total. The number of thiophene rings is 1. The van der Waals surface area contributed by atoms with Gasteiger partial charge in [0.15, 0.2) is 0 Å². The molecule has 15 heavy (non-hydrogen) atoms. The molecule has 0 aliphatic rings. The maximum atomic E-state index is 12.9. The smallest absolute Gasteiger partial charge is 0.124 e. The van der Waals surface area contributed by atoms with Gasteiger partial charge in [-0.15, -0.1) is 11.3 Å². The van der Waals surface area contributed by atoms with Crippen LogP contribution in [0.15, 0.2) is 24.3 Å². The summed E-state index contributed by atoms with van der Waals surface area (Å²) in [7, 11) is 0. The molecule has 0 radical (unpaired) electrons. The summed E-state index contributed by atoms with van der Waals surface area (Å²) < 4.78 is 13.9. The quantitative estimate of drug-likeness (QED) is 0.829. The molecule has 1 aromatic heterocycles. The molecule has 0 saturated heterocycles. The van der Waals surface area contributed by atoms with Crippen molar-refractivity contribution in [2.75, 3.05) is 0 Å². The van der Waals surface area contributed by atoms with Gasteiger partial charge in [-0.25, -0.2) is 4.39 Å². The second-order valence-corrected chi connectivity index (χ2v) is 5.55. The lowest BCUT2D eigenvalue weighted by Crippen LogP contribution is -2.20. The number of fused-ring (bicyclic) bond motifs is 1. The van der Waals surface area contributed by atoms with Crippen molar-refractivity contribution in [3.05, 3.63) is 35.0 Å². The molecule has 0 unspecified atom stereocenters. The van der Waals surface area contributed by atoms with Crippen LogP contribution in [0.1, 0.15) is 18.7 Å². The lowest BCUT2D eigenvalue weighted by atomic mass is 10.0. The molecule has 2 aromatic rings. The molecule has 1 heterocycles. The van der Waals surface area contributed by atoms with Gasteiger partial charge in [0, 0.05) is 16.0 Å². The summed E-state index contributed by atoms with van der Waals surface area (Å²) in [5, 5.41) is 10.7. The molecule has 0 bridgehead atoms. The number of aliphatic hydroxyl groups is 1. The first-order valence-electron chi connectivity index (χ1n) is 4.84. The van der Waals surface area contributed by atoms with Crippen LogP contribution in [-0.2, 0) is 6.42 Å². The Hall–Kier alpha value is -0.930. The van der Waals surface area contributed by atoms with Crippen LogP contribution in [0.5, 0.6) is 0 Å². The molecule has 0 atom stereocenters. The van der Waals surface area contributed by atoms with Crippen molar-refractivity contribution in [1.82, 2.24) is 0 Å². The van der Waals surface area contributed by atoms with Crippen molar-refractivity contribution in [2.45, 2.75) is 25.9 Å². The normalized spacial score (nSPS) is 12.3. The summed E-state index contributed by atoms with van der Waals surface area (Å²) >= 11 is 1.54. The third-order valence-electron chi connectivity index (χ3n) is 2.14. The fourth-order valence-electron chi connectivity index (χ4n) is 1.57. The Bertz CT molecular complexity index is 482. The molecule has 1 aromatic carbocycles. The van der Waals surface area contributed by atoms with Gasteiger partial charge in [0.1, 0.15) is 5.82 Å². The zero-order chi connectivity index (χ0) is 11.1. The van der Waals surface area contributed by atoms with Crippen molar-refractivity contribution < 1.29 is 9.50 Å². The van der Waals surface area contributed by atoms with Gasteiger partial charge in [0.25, 0.3) is 0 Å². The molecule has 80 valence electrons. The van der Waals surface area contributed by atoms with E-state index >= 15 is 0 Å². The highest BCUT2D eigenvalue weighted by molar-refractivity contribution is 7.19. The van der Waals surface area contributed by atoms with E-state index in [2.05, 4.69) is 0 Å². The van der Waals surface area contributed by atoms with E-state index in [1.54, 1.807) is 19.9 Å². The highest BCUT2D eigenvalue weighted by atomic mass is 32.1. The first-order valence-corrected chi connectivity index (χ1v) is 5.66. The fraction of sp³-hybridized carbons (Fsp3) is 0.333. The molecule has 0 fully saturated rings. The monoisotopic (exact) mass is 224 g/mol. The summed E-state index contributed by atoms with van der Waals surface area (Å²) in [5.41, 5.74) is -0.709. The van der Waals surface area contributed by atoms with Gasteiger partial charge < -0.3 is 5.11 Å². The van der Waals surface area contributed by atoms with E-state index in [0.29, 0.717) is 6.42 Å². The summed E-state index contributed by atoms with van der Waals surface area (Å²) in [6, 6.07) is 6.78. The van der Waals surface area contributed by atoms with Gasteiger partial charge in [-0.3, -0.25) is 0 Å². The van der Waals surface area contributed by atoms with Gasteiger partial charge in [-0.05, 0) is 37.4 Å². The van der Waals surface area contributed by atoms with E-state index < -0.39 is 5.60 Å². The second-order valence-electron chi connectivity index (χ2n) is 4.38. The SMILES string of the molecule is CC(C)(O)Cc1cc2ccc(F)cc2s1. The van der Waals surface area contributed by atoms with Gasteiger partial charge in [-0.1, -0.05) is 6.07 Å². The largest absolute Gasteiger partial charge is 0.390 e. The molecule has 2 rings (SSSR count). The average molecular weight is 224 g/mol. The van der Waals surface area contributed by atoms with Crippen molar-refractivity contribution in [3.63, 3.8) is 0 Å². The Labute approximate surface area is 92.2 Å². The van der Waals surface area contributed by atoms with Gasteiger partial charge >= 0.3 is 0 Å². The lowest BCUT2D eigenvalue weighted by molar-refractivity contribution is 0.0819. The fourth-order valence-corrected chi connectivity index (χ4v) is 2.88. The number of halogens is 1. The summed E-state index contributed by atoms with van der Waals surface area (Å²) in [6.07, 6.45) is 0.605. The zero-order valence-corrected chi connectivity index (χ0v) is 9.57. The van der Waals surface area contributed by atoms with Crippen LogP contribution in [0.4, 0.5) is 4.39 Å². The molecule has 0 aliphatic heterocycles. The van der Waals surface area contributed by atoms with E-state index in [9.17, 15) is 9.50 Å². The maximum absolute atomic E-state index is 12.9. The molecule has 3 heteroatoms. The standard InChI is InChI=1S/C12H13FOS/c1-12(2,14)7-10-5-8-3-4-9(13)6-11(8)15-10/h3-6,14H,7H2,1-2H3. The van der Waals surface area contributed by atoms with E-state index in [1.807, 2.05) is 6.07 Å². The maximum Gasteiger partial charge on any atom is 0.124 e. The molecule has 0 aliphatic carbocycles. The second kappa shape index (κ2) is 3.58. The first kappa shape index (κ1) is 10.6. The number of hydrogen-bond donors (Lipinski definition) is 1. The van der Waals surface area contributed by atoms with Crippen LogP contribution in [-0.4, -0.2) is 10.7 Å². The summed E-state index contributed by atoms with van der Waals surface area (Å²) in [6.45, 7) is 3.55. The number of hydrogen-bond acceptors (Lipinski definition) is 2. The van der Waals surface area contributed by atoms with Crippen molar-refractivity contribution in [1.29, 1.82) is 0 Å². The number of rotatable bonds is 2. The van der Waals surface area contributed by atoms with Crippen LogP contribution in [0, 0.1) is 5.82 Å². The Balaban J connectivity index is 2.39. The Morgan fingerprint density at radius 2 is 2.07 bits per heavy atom. The first-order chi connectivity index (χ1) is 6.94. The predicted octanol–water partition coefficient (Wildman–Crippen LogP) is 3.35. The van der Waals surface area contributed by atoms with Crippen molar-refractivity contribution >= 4 is 21.4 Å². The van der Waals surface area contributed by atoms with Gasteiger partial charge in [0.2, 0.25) is 0 Å². The molecule has 0 spiro atoms. The summed E-state index contributed by atoms with van der Waals surface area (Å²) in [5.74, 6) is -0.209. The van der Waals surface area contributed by atoms with Crippen LogP contribution in [0.3, 0.4) is 0 Å². The molecule has 0 amide bonds. The number of benzene rings is 1.